The van der Waals surface area contributed by atoms with Crippen molar-refractivity contribution in [1.82, 2.24) is 4.90 Å². The van der Waals surface area contributed by atoms with Gasteiger partial charge in [0.1, 0.15) is 0 Å². The van der Waals surface area contributed by atoms with Gasteiger partial charge in [-0.2, -0.15) is 0 Å². The van der Waals surface area contributed by atoms with Crippen LogP contribution in [0.5, 0.6) is 0 Å². The van der Waals surface area contributed by atoms with E-state index < -0.39 is 0 Å². The van der Waals surface area contributed by atoms with Crippen molar-refractivity contribution in [2.75, 3.05) is 26.3 Å². The van der Waals surface area contributed by atoms with Gasteiger partial charge < -0.3 is 4.74 Å². The molecule has 1 atom stereocenters. The maximum atomic E-state index is 9.02. The first kappa shape index (κ1) is 16.6. The molecule has 0 radical (unpaired) electrons. The van der Waals surface area contributed by atoms with E-state index >= 15 is 0 Å². The molecule has 0 bridgehead atoms. The molecule has 2 rings (SSSR count). The third kappa shape index (κ3) is 3.50. The molecule has 0 aliphatic carbocycles. The van der Waals surface area contributed by atoms with E-state index in [0.29, 0.717) is 0 Å². The van der Waals surface area contributed by atoms with Crippen LogP contribution in [0.25, 0.3) is 10.4 Å². The highest BCUT2D eigenvalue weighted by Crippen LogP contribution is 2.37. The fourth-order valence-corrected chi connectivity index (χ4v) is 3.15. The minimum Gasteiger partial charge on any atom is -0.379 e. The second kappa shape index (κ2) is 7.45. The minimum atomic E-state index is -0.283. The predicted molar refractivity (Wildman–Crippen MR) is 88.6 cm³/mol. The number of benzene rings is 1. The van der Waals surface area contributed by atoms with E-state index in [9.17, 15) is 0 Å². The molecule has 1 unspecified atom stereocenters. The molecule has 1 aliphatic rings. The zero-order valence-electron chi connectivity index (χ0n) is 13.6. The molecule has 0 spiro atoms. The zero-order chi connectivity index (χ0) is 16.0. The lowest BCUT2D eigenvalue weighted by atomic mass is 9.83. The maximum Gasteiger partial charge on any atom is 0.0853 e. The number of rotatable bonds is 5. The van der Waals surface area contributed by atoms with Gasteiger partial charge in [-0.05, 0) is 37.4 Å². The number of hydrogen-bond acceptors (Lipinski definition) is 3. The number of morpholine rings is 1. The molecule has 1 saturated heterocycles. The van der Waals surface area contributed by atoms with Gasteiger partial charge in [-0.1, -0.05) is 41.5 Å². The number of nitrogens with zero attached hydrogens (tertiary/aromatic N) is 4. The van der Waals surface area contributed by atoms with Gasteiger partial charge in [-0.15, -0.1) is 0 Å². The predicted octanol–water partition coefficient (Wildman–Crippen LogP) is 4.10. The Morgan fingerprint density at radius 2 is 1.95 bits per heavy atom. The number of allylic oxidation sites excluding steroid dienone is 1. The topological polar surface area (TPSA) is 61.2 Å². The van der Waals surface area contributed by atoms with Crippen molar-refractivity contribution in [2.45, 2.75) is 32.4 Å². The summed E-state index contributed by atoms with van der Waals surface area (Å²) in [6.07, 6.45) is 2.09. The molecule has 5 heteroatoms. The highest BCUT2D eigenvalue weighted by molar-refractivity contribution is 5.34. The average molecular weight is 300 g/mol. The third-order valence-corrected chi connectivity index (χ3v) is 4.40. The van der Waals surface area contributed by atoms with Gasteiger partial charge in [0.15, 0.2) is 0 Å². The van der Waals surface area contributed by atoms with Crippen LogP contribution in [-0.4, -0.2) is 36.7 Å². The molecule has 0 N–H and O–H groups in total. The highest BCUT2D eigenvalue weighted by atomic mass is 16.5. The molecule has 1 aromatic rings. The van der Waals surface area contributed by atoms with Crippen molar-refractivity contribution < 1.29 is 4.74 Å². The lowest BCUT2D eigenvalue weighted by Gasteiger charge is -2.44. The van der Waals surface area contributed by atoms with Gasteiger partial charge in [0, 0.05) is 23.5 Å². The Kier molecular flexibility index (Phi) is 5.61. The number of azide groups is 1. The van der Waals surface area contributed by atoms with Crippen LogP contribution in [0.1, 0.15) is 32.4 Å². The lowest BCUT2D eigenvalue weighted by Crippen LogP contribution is -2.51. The fraction of sp³-hybridized carbons (Fsp3) is 0.529. The minimum absolute atomic E-state index is 0.187. The van der Waals surface area contributed by atoms with E-state index in [1.165, 1.54) is 0 Å². The Bertz CT molecular complexity index is 555. The van der Waals surface area contributed by atoms with E-state index in [4.69, 9.17) is 10.3 Å². The molecule has 22 heavy (non-hydrogen) atoms. The molecule has 118 valence electrons. The summed E-state index contributed by atoms with van der Waals surface area (Å²) >= 11 is 0. The van der Waals surface area contributed by atoms with Gasteiger partial charge >= 0.3 is 0 Å². The highest BCUT2D eigenvalue weighted by Gasteiger charge is 2.35. The zero-order valence-corrected chi connectivity index (χ0v) is 13.6. The molecule has 1 fully saturated rings. The summed E-state index contributed by atoms with van der Waals surface area (Å²) in [5.41, 5.74) is 11.0. The summed E-state index contributed by atoms with van der Waals surface area (Å²) in [6, 6.07) is 9.67. The SMILES string of the molecule is CC=C(C(N=[N+]=[N-])c1ccccc1)C(C)(C)N1CCOCC1. The van der Waals surface area contributed by atoms with E-state index in [2.05, 4.69) is 34.8 Å². The molecule has 0 aromatic heterocycles. The molecule has 0 saturated carbocycles. The summed E-state index contributed by atoms with van der Waals surface area (Å²) in [4.78, 5) is 5.48. The van der Waals surface area contributed by atoms with Gasteiger partial charge in [0.05, 0.1) is 19.3 Å². The van der Waals surface area contributed by atoms with Crippen LogP contribution in [0.15, 0.2) is 47.1 Å². The van der Waals surface area contributed by atoms with Gasteiger partial charge in [-0.25, -0.2) is 0 Å². The van der Waals surface area contributed by atoms with Crippen molar-refractivity contribution in [2.24, 2.45) is 5.11 Å². The van der Waals surface area contributed by atoms with E-state index in [0.717, 1.165) is 37.4 Å². The summed E-state index contributed by atoms with van der Waals surface area (Å²) in [5, 5.41) is 4.08. The normalized spacial score (nSPS) is 18.6. The number of hydrogen-bond donors (Lipinski definition) is 0. The smallest absolute Gasteiger partial charge is 0.0853 e. The Morgan fingerprint density at radius 1 is 1.32 bits per heavy atom. The van der Waals surface area contributed by atoms with Crippen LogP contribution in [0.2, 0.25) is 0 Å². The first-order valence-electron chi connectivity index (χ1n) is 7.70. The summed E-state index contributed by atoms with van der Waals surface area (Å²) in [5.74, 6) is 0. The Balaban J connectivity index is 2.37. The average Bonchev–Trinajstić information content (AvgIpc) is 2.56. The largest absolute Gasteiger partial charge is 0.379 e. The molecule has 1 aliphatic heterocycles. The molecular formula is C17H24N4O. The number of ether oxygens (including phenoxy) is 1. The summed E-state index contributed by atoms with van der Waals surface area (Å²) < 4.78 is 5.46. The van der Waals surface area contributed by atoms with Crippen molar-refractivity contribution in [3.8, 4) is 0 Å². The van der Waals surface area contributed by atoms with Crippen molar-refractivity contribution in [3.63, 3.8) is 0 Å². The first-order chi connectivity index (χ1) is 10.6. The van der Waals surface area contributed by atoms with Crippen LogP contribution >= 0.6 is 0 Å². The van der Waals surface area contributed by atoms with Gasteiger partial charge in [0.2, 0.25) is 0 Å². The fourth-order valence-electron chi connectivity index (χ4n) is 3.15. The van der Waals surface area contributed by atoms with E-state index in [1.54, 1.807) is 0 Å². The molecule has 5 nitrogen and oxygen atoms in total. The van der Waals surface area contributed by atoms with Gasteiger partial charge in [-0.3, -0.25) is 4.90 Å². The van der Waals surface area contributed by atoms with Crippen molar-refractivity contribution in [1.29, 1.82) is 0 Å². The third-order valence-electron chi connectivity index (χ3n) is 4.40. The van der Waals surface area contributed by atoms with Crippen LogP contribution in [0.4, 0.5) is 0 Å². The summed E-state index contributed by atoms with van der Waals surface area (Å²) in [6.45, 7) is 9.67. The standard InChI is InChI=1S/C17H24N4O/c1-4-15(17(2,3)21-10-12-22-13-11-21)16(19-20-18)14-8-6-5-7-9-14/h4-9,16H,10-13H2,1-3H3. The monoisotopic (exact) mass is 300 g/mol. The maximum absolute atomic E-state index is 9.02. The van der Waals surface area contributed by atoms with Crippen LogP contribution < -0.4 is 0 Å². The Hall–Kier alpha value is -1.81. The molecular weight excluding hydrogens is 276 g/mol. The van der Waals surface area contributed by atoms with Crippen LogP contribution in [0.3, 0.4) is 0 Å². The Morgan fingerprint density at radius 3 is 2.50 bits per heavy atom. The second-order valence-electron chi connectivity index (χ2n) is 5.92. The lowest BCUT2D eigenvalue weighted by molar-refractivity contribution is -0.0000881. The van der Waals surface area contributed by atoms with Gasteiger partial charge in [0.25, 0.3) is 0 Å². The van der Waals surface area contributed by atoms with Crippen molar-refractivity contribution >= 4 is 0 Å². The van der Waals surface area contributed by atoms with Crippen LogP contribution in [-0.2, 0) is 4.74 Å². The molecule has 1 aromatic carbocycles. The first-order valence-corrected chi connectivity index (χ1v) is 7.70. The summed E-state index contributed by atoms with van der Waals surface area (Å²) in [7, 11) is 0. The molecule has 1 heterocycles. The van der Waals surface area contributed by atoms with Crippen molar-refractivity contribution in [3.05, 3.63) is 58.0 Å². The Labute approximate surface area is 132 Å². The quantitative estimate of drug-likeness (QED) is 0.356. The van der Waals surface area contributed by atoms with E-state index in [1.807, 2.05) is 37.3 Å². The van der Waals surface area contributed by atoms with E-state index in [-0.39, 0.29) is 11.6 Å². The van der Waals surface area contributed by atoms with Crippen LogP contribution in [0, 0.1) is 0 Å². The second-order valence-corrected chi connectivity index (χ2v) is 5.92. The molecule has 0 amide bonds.